The highest BCUT2D eigenvalue weighted by molar-refractivity contribution is 5.99. The van der Waals surface area contributed by atoms with E-state index >= 15 is 0 Å². The molecule has 2 aliphatic rings. The first-order valence-corrected chi connectivity index (χ1v) is 9.71. The van der Waals surface area contributed by atoms with E-state index in [1.54, 1.807) is 13.0 Å². The monoisotopic (exact) mass is 417 g/mol. The van der Waals surface area contributed by atoms with Crippen molar-refractivity contribution in [1.82, 2.24) is 14.8 Å². The van der Waals surface area contributed by atoms with Crippen molar-refractivity contribution in [1.29, 1.82) is 0 Å². The topological polar surface area (TPSA) is 91.6 Å². The summed E-state index contributed by atoms with van der Waals surface area (Å²) in [5, 5.41) is 12.9. The van der Waals surface area contributed by atoms with Gasteiger partial charge in [0.2, 0.25) is 5.43 Å². The Morgan fingerprint density at radius 2 is 2.03 bits per heavy atom. The third kappa shape index (κ3) is 3.44. The Labute approximate surface area is 170 Å². The van der Waals surface area contributed by atoms with E-state index in [2.05, 4.69) is 5.32 Å². The van der Waals surface area contributed by atoms with Crippen LogP contribution in [0.1, 0.15) is 50.9 Å². The summed E-state index contributed by atoms with van der Waals surface area (Å²) in [5.74, 6) is -2.75. The number of benzene rings is 1. The predicted octanol–water partition coefficient (Wildman–Crippen LogP) is 2.06. The van der Waals surface area contributed by atoms with Gasteiger partial charge in [-0.15, -0.1) is 0 Å². The lowest BCUT2D eigenvalue weighted by Gasteiger charge is -2.34. The number of nitrogens with zero attached hydrogens (tertiary/aromatic N) is 2. The van der Waals surface area contributed by atoms with Crippen LogP contribution in [0.4, 0.5) is 8.78 Å². The van der Waals surface area contributed by atoms with Crippen LogP contribution in [0.5, 0.6) is 5.75 Å². The standard InChI is InChI=1S/C21H21F2N3O4/c1-11-2-3-12(16(23)6-11)7-24-20(29)15-10-26-14-5-4-13(22)8-25(9-14)21(30)17(26)19(28)18(15)27/h2-3,6,10,13-14,28H,4-5,7-9H2,1H3,(H,24,29)/t13-,14-/m0/s1. The summed E-state index contributed by atoms with van der Waals surface area (Å²) in [7, 11) is 0. The summed E-state index contributed by atoms with van der Waals surface area (Å²) in [6.07, 6.45) is 0.677. The number of aromatic hydroxyl groups is 1. The number of nitrogens with one attached hydrogen (secondary N) is 1. The minimum absolute atomic E-state index is 0.0900. The van der Waals surface area contributed by atoms with Crippen LogP contribution in [0.3, 0.4) is 0 Å². The summed E-state index contributed by atoms with van der Waals surface area (Å²) < 4.78 is 29.4. The van der Waals surface area contributed by atoms with Crippen LogP contribution in [0.15, 0.2) is 29.2 Å². The second-order valence-electron chi connectivity index (χ2n) is 7.79. The maximum absolute atomic E-state index is 14.0. The number of amides is 2. The summed E-state index contributed by atoms with van der Waals surface area (Å²) in [6, 6.07) is 4.22. The van der Waals surface area contributed by atoms with Crippen LogP contribution >= 0.6 is 0 Å². The zero-order chi connectivity index (χ0) is 21.6. The van der Waals surface area contributed by atoms with E-state index in [9.17, 15) is 28.3 Å². The first kappa shape index (κ1) is 20.1. The Bertz CT molecular complexity index is 1100. The minimum Gasteiger partial charge on any atom is -0.503 e. The second-order valence-corrected chi connectivity index (χ2v) is 7.79. The van der Waals surface area contributed by atoms with Gasteiger partial charge in [-0.3, -0.25) is 14.4 Å². The average Bonchev–Trinajstić information content (AvgIpc) is 2.87. The quantitative estimate of drug-likeness (QED) is 0.800. The summed E-state index contributed by atoms with van der Waals surface area (Å²) in [5.41, 5.74) is -0.594. The molecule has 0 radical (unpaired) electrons. The van der Waals surface area contributed by atoms with Gasteiger partial charge in [0.05, 0.1) is 12.6 Å². The molecule has 0 unspecified atom stereocenters. The number of halogens is 2. The Morgan fingerprint density at radius 1 is 1.27 bits per heavy atom. The molecule has 30 heavy (non-hydrogen) atoms. The van der Waals surface area contributed by atoms with Gasteiger partial charge >= 0.3 is 0 Å². The zero-order valence-corrected chi connectivity index (χ0v) is 16.3. The largest absolute Gasteiger partial charge is 0.503 e. The fourth-order valence-corrected chi connectivity index (χ4v) is 4.01. The lowest BCUT2D eigenvalue weighted by molar-refractivity contribution is 0.0646. The fraction of sp³-hybridized carbons (Fsp3) is 0.381. The van der Waals surface area contributed by atoms with Crippen molar-refractivity contribution < 1.29 is 23.5 Å². The van der Waals surface area contributed by atoms with Crippen molar-refractivity contribution in [3.8, 4) is 5.75 Å². The molecule has 0 saturated carbocycles. The molecular weight excluding hydrogens is 396 g/mol. The van der Waals surface area contributed by atoms with E-state index < -0.39 is 35.0 Å². The van der Waals surface area contributed by atoms with Gasteiger partial charge < -0.3 is 19.9 Å². The average molecular weight is 417 g/mol. The van der Waals surface area contributed by atoms with Crippen LogP contribution in [0.25, 0.3) is 0 Å². The Morgan fingerprint density at radius 3 is 2.77 bits per heavy atom. The van der Waals surface area contributed by atoms with Crippen molar-refractivity contribution in [3.63, 3.8) is 0 Å². The first-order chi connectivity index (χ1) is 14.3. The highest BCUT2D eigenvalue weighted by Crippen LogP contribution is 2.32. The van der Waals surface area contributed by atoms with Crippen molar-refractivity contribution in [2.45, 2.75) is 38.5 Å². The SMILES string of the molecule is Cc1ccc(CNC(=O)c2cn3c(c(O)c2=O)C(=O)N2C[C@@H](F)CC[C@H]3C2)c(F)c1. The molecule has 4 rings (SSSR count). The van der Waals surface area contributed by atoms with Crippen molar-refractivity contribution >= 4 is 11.8 Å². The van der Waals surface area contributed by atoms with Gasteiger partial charge in [0.1, 0.15) is 17.6 Å². The molecule has 158 valence electrons. The van der Waals surface area contributed by atoms with Gasteiger partial charge in [0, 0.05) is 24.8 Å². The number of hydrogen-bond acceptors (Lipinski definition) is 4. The molecule has 1 saturated heterocycles. The number of carbonyl (C=O) groups is 2. The molecule has 0 spiro atoms. The fourth-order valence-electron chi connectivity index (χ4n) is 4.01. The first-order valence-electron chi connectivity index (χ1n) is 9.71. The van der Waals surface area contributed by atoms with Gasteiger partial charge in [-0.1, -0.05) is 12.1 Å². The molecule has 0 aliphatic carbocycles. The number of hydrogen-bond donors (Lipinski definition) is 2. The molecule has 9 heteroatoms. The van der Waals surface area contributed by atoms with Crippen LogP contribution in [0, 0.1) is 12.7 Å². The molecule has 1 aromatic carbocycles. The Hall–Kier alpha value is -3.23. The van der Waals surface area contributed by atoms with Crippen molar-refractivity contribution in [2.24, 2.45) is 0 Å². The predicted molar refractivity (Wildman–Crippen MR) is 104 cm³/mol. The molecule has 2 bridgehead atoms. The lowest BCUT2D eigenvalue weighted by Crippen LogP contribution is -2.45. The van der Waals surface area contributed by atoms with E-state index in [-0.39, 0.29) is 48.9 Å². The number of pyridine rings is 1. The van der Waals surface area contributed by atoms with E-state index in [1.807, 2.05) is 0 Å². The number of rotatable bonds is 3. The molecule has 3 heterocycles. The van der Waals surface area contributed by atoms with E-state index in [0.717, 1.165) is 5.56 Å². The molecule has 1 fully saturated rings. The smallest absolute Gasteiger partial charge is 0.274 e. The van der Waals surface area contributed by atoms with Gasteiger partial charge in [-0.2, -0.15) is 0 Å². The van der Waals surface area contributed by atoms with Crippen LogP contribution in [0.2, 0.25) is 0 Å². The molecular formula is C21H21F2N3O4. The van der Waals surface area contributed by atoms with Crippen LogP contribution in [-0.2, 0) is 6.54 Å². The van der Waals surface area contributed by atoms with Crippen LogP contribution in [-0.4, -0.2) is 45.6 Å². The second kappa shape index (κ2) is 7.55. The summed E-state index contributed by atoms with van der Waals surface area (Å²) >= 11 is 0. The van der Waals surface area contributed by atoms with Crippen molar-refractivity contribution in [3.05, 3.63) is 62.8 Å². The zero-order valence-electron chi connectivity index (χ0n) is 16.3. The number of alkyl halides is 1. The number of fused-ring (bicyclic) bond motifs is 4. The van der Waals surface area contributed by atoms with Gasteiger partial charge in [0.25, 0.3) is 11.8 Å². The highest BCUT2D eigenvalue weighted by atomic mass is 19.1. The molecule has 2 atom stereocenters. The van der Waals surface area contributed by atoms with E-state index in [4.69, 9.17) is 0 Å². The Balaban J connectivity index is 1.66. The summed E-state index contributed by atoms with van der Waals surface area (Å²) in [6.45, 7) is 1.74. The third-order valence-corrected chi connectivity index (χ3v) is 5.65. The molecule has 7 nitrogen and oxygen atoms in total. The van der Waals surface area contributed by atoms with Crippen LogP contribution < -0.4 is 10.7 Å². The maximum atomic E-state index is 14.0. The molecule has 2 N–H and O–H groups in total. The van der Waals surface area contributed by atoms with E-state index in [0.29, 0.717) is 6.42 Å². The van der Waals surface area contributed by atoms with E-state index in [1.165, 1.54) is 27.8 Å². The number of aryl methyl sites for hydroxylation is 1. The Kier molecular flexibility index (Phi) is 5.05. The number of aromatic nitrogens is 1. The van der Waals surface area contributed by atoms with Gasteiger partial charge in [-0.05, 0) is 31.4 Å². The van der Waals surface area contributed by atoms with Gasteiger partial charge in [-0.25, -0.2) is 8.78 Å². The molecule has 2 aliphatic heterocycles. The minimum atomic E-state index is -1.19. The van der Waals surface area contributed by atoms with Gasteiger partial charge in [0.15, 0.2) is 11.4 Å². The lowest BCUT2D eigenvalue weighted by atomic mass is 10.1. The van der Waals surface area contributed by atoms with Crippen molar-refractivity contribution in [2.75, 3.05) is 13.1 Å². The normalized spacial score (nSPS) is 20.5. The molecule has 2 amide bonds. The summed E-state index contributed by atoms with van der Waals surface area (Å²) in [4.78, 5) is 39.1. The highest BCUT2D eigenvalue weighted by Gasteiger charge is 2.38. The third-order valence-electron chi connectivity index (χ3n) is 5.65. The molecule has 2 aromatic rings. The number of carbonyl (C=O) groups excluding carboxylic acids is 2. The molecule has 1 aromatic heterocycles. The maximum Gasteiger partial charge on any atom is 0.274 e.